The lowest BCUT2D eigenvalue weighted by Crippen LogP contribution is -2.27. The van der Waals surface area contributed by atoms with Crippen LogP contribution in [0.3, 0.4) is 0 Å². The van der Waals surface area contributed by atoms with Crippen LogP contribution in [0.2, 0.25) is 0 Å². The van der Waals surface area contributed by atoms with E-state index in [2.05, 4.69) is 20.0 Å². The highest BCUT2D eigenvalue weighted by Crippen LogP contribution is 2.35. The molecule has 0 aliphatic carbocycles. The zero-order valence-electron chi connectivity index (χ0n) is 14.0. The first kappa shape index (κ1) is 15.6. The SMILES string of the molecule is CCN(Cc1noc(C)n1)Cc1cc2cc3c(cc2[nH]c1=O)OCO3. The van der Waals surface area contributed by atoms with Crippen LogP contribution in [0.4, 0.5) is 0 Å². The molecule has 0 saturated heterocycles. The second kappa shape index (κ2) is 6.21. The van der Waals surface area contributed by atoms with Gasteiger partial charge in [0.2, 0.25) is 12.7 Å². The molecule has 0 atom stereocenters. The molecule has 1 N–H and O–H groups in total. The van der Waals surface area contributed by atoms with E-state index in [1.807, 2.05) is 19.1 Å². The maximum absolute atomic E-state index is 12.4. The average molecular weight is 342 g/mol. The summed E-state index contributed by atoms with van der Waals surface area (Å²) in [7, 11) is 0. The molecule has 1 aromatic carbocycles. The first-order valence-corrected chi connectivity index (χ1v) is 8.09. The molecule has 0 unspecified atom stereocenters. The van der Waals surface area contributed by atoms with E-state index in [9.17, 15) is 4.79 Å². The highest BCUT2D eigenvalue weighted by Gasteiger charge is 2.16. The summed E-state index contributed by atoms with van der Waals surface area (Å²) < 4.78 is 15.8. The molecule has 4 rings (SSSR count). The predicted octanol–water partition coefficient (Wildman–Crippen LogP) is 1.97. The third-order valence-electron chi connectivity index (χ3n) is 4.19. The quantitative estimate of drug-likeness (QED) is 0.757. The summed E-state index contributed by atoms with van der Waals surface area (Å²) in [5, 5.41) is 4.82. The number of benzene rings is 1. The molecule has 3 aromatic rings. The number of aromatic nitrogens is 3. The summed E-state index contributed by atoms with van der Waals surface area (Å²) in [4.78, 5) is 21.6. The van der Waals surface area contributed by atoms with Crippen LogP contribution in [-0.4, -0.2) is 33.4 Å². The van der Waals surface area contributed by atoms with Gasteiger partial charge in [0.1, 0.15) is 0 Å². The Morgan fingerprint density at radius 3 is 2.72 bits per heavy atom. The van der Waals surface area contributed by atoms with Gasteiger partial charge in [-0.3, -0.25) is 9.69 Å². The van der Waals surface area contributed by atoms with E-state index in [1.165, 1.54) is 0 Å². The van der Waals surface area contributed by atoms with Crippen molar-refractivity contribution in [3.05, 3.63) is 45.8 Å². The zero-order valence-corrected chi connectivity index (χ0v) is 14.0. The van der Waals surface area contributed by atoms with Crippen LogP contribution in [0.1, 0.15) is 24.2 Å². The number of ether oxygens (including phenoxy) is 2. The maximum Gasteiger partial charge on any atom is 0.252 e. The minimum atomic E-state index is -0.117. The number of pyridine rings is 1. The Kier molecular flexibility index (Phi) is 3.89. The van der Waals surface area contributed by atoms with Crippen LogP contribution in [0.25, 0.3) is 10.9 Å². The van der Waals surface area contributed by atoms with E-state index >= 15 is 0 Å². The van der Waals surface area contributed by atoms with Gasteiger partial charge in [-0.1, -0.05) is 12.1 Å². The number of nitrogens with zero attached hydrogens (tertiary/aromatic N) is 3. The molecule has 0 fully saturated rings. The molecule has 3 heterocycles. The minimum Gasteiger partial charge on any atom is -0.454 e. The standard InChI is InChI=1S/C17H18N4O4/c1-3-21(8-16-18-10(2)25-20-16)7-12-4-11-5-14-15(24-9-23-14)6-13(11)19-17(12)22/h4-6H,3,7-9H2,1-2H3,(H,19,22). The molecular weight excluding hydrogens is 324 g/mol. The Morgan fingerprint density at radius 2 is 2.00 bits per heavy atom. The molecule has 0 spiro atoms. The molecule has 0 radical (unpaired) electrons. The van der Waals surface area contributed by atoms with E-state index in [-0.39, 0.29) is 12.4 Å². The lowest BCUT2D eigenvalue weighted by atomic mass is 10.1. The Bertz CT molecular complexity index is 978. The van der Waals surface area contributed by atoms with Gasteiger partial charge in [0.25, 0.3) is 5.56 Å². The second-order valence-corrected chi connectivity index (χ2v) is 5.95. The van der Waals surface area contributed by atoms with Crippen LogP contribution >= 0.6 is 0 Å². The molecule has 25 heavy (non-hydrogen) atoms. The molecule has 8 nitrogen and oxygen atoms in total. The second-order valence-electron chi connectivity index (χ2n) is 5.95. The smallest absolute Gasteiger partial charge is 0.252 e. The Morgan fingerprint density at radius 1 is 1.20 bits per heavy atom. The van der Waals surface area contributed by atoms with Crippen LogP contribution < -0.4 is 15.0 Å². The number of aromatic amines is 1. The van der Waals surface area contributed by atoms with Gasteiger partial charge in [0.05, 0.1) is 12.1 Å². The van der Waals surface area contributed by atoms with Gasteiger partial charge in [0, 0.05) is 30.5 Å². The summed E-state index contributed by atoms with van der Waals surface area (Å²) in [5.41, 5.74) is 1.29. The fraction of sp³-hybridized carbons (Fsp3) is 0.353. The molecule has 2 aromatic heterocycles. The first-order chi connectivity index (χ1) is 12.1. The molecule has 0 bridgehead atoms. The van der Waals surface area contributed by atoms with E-state index < -0.39 is 0 Å². The highest BCUT2D eigenvalue weighted by atomic mass is 16.7. The molecule has 0 saturated carbocycles. The van der Waals surface area contributed by atoms with E-state index in [0.29, 0.717) is 41.9 Å². The first-order valence-electron chi connectivity index (χ1n) is 8.09. The van der Waals surface area contributed by atoms with E-state index in [1.54, 1.807) is 13.0 Å². The van der Waals surface area contributed by atoms with Crippen molar-refractivity contribution in [2.45, 2.75) is 26.9 Å². The van der Waals surface area contributed by atoms with Crippen molar-refractivity contribution in [2.75, 3.05) is 13.3 Å². The van der Waals surface area contributed by atoms with Crippen molar-refractivity contribution in [3.8, 4) is 11.5 Å². The normalized spacial score (nSPS) is 13.1. The summed E-state index contributed by atoms with van der Waals surface area (Å²) in [6.07, 6.45) is 0. The van der Waals surface area contributed by atoms with Crippen LogP contribution in [-0.2, 0) is 13.1 Å². The Balaban J connectivity index is 1.62. The topological polar surface area (TPSA) is 93.5 Å². The van der Waals surface area contributed by atoms with Crippen LogP contribution in [0.15, 0.2) is 27.5 Å². The van der Waals surface area contributed by atoms with Gasteiger partial charge in [-0.2, -0.15) is 4.98 Å². The molecular formula is C17H18N4O4. The third-order valence-corrected chi connectivity index (χ3v) is 4.19. The van der Waals surface area contributed by atoms with E-state index in [0.717, 1.165) is 17.4 Å². The number of hydrogen-bond donors (Lipinski definition) is 1. The molecule has 8 heteroatoms. The third kappa shape index (κ3) is 3.08. The van der Waals surface area contributed by atoms with Crippen molar-refractivity contribution >= 4 is 10.9 Å². The van der Waals surface area contributed by atoms with Gasteiger partial charge in [-0.15, -0.1) is 0 Å². The number of H-pyrrole nitrogens is 1. The van der Waals surface area contributed by atoms with Crippen molar-refractivity contribution in [1.29, 1.82) is 0 Å². The summed E-state index contributed by atoms with van der Waals surface area (Å²) in [5.74, 6) is 2.49. The fourth-order valence-electron chi connectivity index (χ4n) is 2.88. The number of hydrogen-bond acceptors (Lipinski definition) is 7. The Labute approximate surface area is 143 Å². The summed E-state index contributed by atoms with van der Waals surface area (Å²) >= 11 is 0. The van der Waals surface area contributed by atoms with Crippen molar-refractivity contribution in [2.24, 2.45) is 0 Å². The van der Waals surface area contributed by atoms with Gasteiger partial charge < -0.3 is 19.0 Å². The van der Waals surface area contributed by atoms with Gasteiger partial charge in [-0.05, 0) is 18.7 Å². The lowest BCUT2D eigenvalue weighted by Gasteiger charge is -2.18. The number of fused-ring (bicyclic) bond motifs is 2. The number of rotatable bonds is 5. The Hall–Kier alpha value is -2.87. The van der Waals surface area contributed by atoms with Gasteiger partial charge >= 0.3 is 0 Å². The van der Waals surface area contributed by atoms with Gasteiger partial charge in [-0.25, -0.2) is 0 Å². The molecule has 130 valence electrons. The van der Waals surface area contributed by atoms with Crippen molar-refractivity contribution < 1.29 is 14.0 Å². The highest BCUT2D eigenvalue weighted by molar-refractivity contribution is 5.83. The number of nitrogens with one attached hydrogen (secondary N) is 1. The molecule has 0 amide bonds. The monoisotopic (exact) mass is 342 g/mol. The molecule has 1 aliphatic rings. The minimum absolute atomic E-state index is 0.117. The van der Waals surface area contributed by atoms with Gasteiger partial charge in [0.15, 0.2) is 17.3 Å². The average Bonchev–Trinajstić information content (AvgIpc) is 3.21. The summed E-state index contributed by atoms with van der Waals surface area (Å²) in [6, 6.07) is 5.57. The predicted molar refractivity (Wildman–Crippen MR) is 89.5 cm³/mol. The largest absolute Gasteiger partial charge is 0.454 e. The summed E-state index contributed by atoms with van der Waals surface area (Å²) in [6.45, 7) is 5.75. The van der Waals surface area contributed by atoms with E-state index in [4.69, 9.17) is 14.0 Å². The lowest BCUT2D eigenvalue weighted by molar-refractivity contribution is 0.174. The zero-order chi connectivity index (χ0) is 17.4. The van der Waals surface area contributed by atoms with Crippen molar-refractivity contribution in [3.63, 3.8) is 0 Å². The van der Waals surface area contributed by atoms with Crippen LogP contribution in [0, 0.1) is 6.92 Å². The number of aryl methyl sites for hydroxylation is 1. The fourth-order valence-corrected chi connectivity index (χ4v) is 2.88. The van der Waals surface area contributed by atoms with Crippen LogP contribution in [0.5, 0.6) is 11.5 Å². The maximum atomic E-state index is 12.4. The van der Waals surface area contributed by atoms with Crippen molar-refractivity contribution in [1.82, 2.24) is 20.0 Å². The molecule has 1 aliphatic heterocycles.